The maximum atomic E-state index is 9.80. The van der Waals surface area contributed by atoms with Gasteiger partial charge in [0.1, 0.15) is 0 Å². The summed E-state index contributed by atoms with van der Waals surface area (Å²) in [5.74, 6) is 0. The van der Waals surface area contributed by atoms with Crippen LogP contribution in [0.15, 0.2) is 24.3 Å². The highest BCUT2D eigenvalue weighted by Crippen LogP contribution is 2.32. The Bertz CT molecular complexity index is 373. The number of benzene rings is 1. The van der Waals surface area contributed by atoms with Crippen molar-refractivity contribution in [3.63, 3.8) is 0 Å². The number of rotatable bonds is 3. The third kappa shape index (κ3) is 3.39. The highest BCUT2D eigenvalue weighted by molar-refractivity contribution is 6.33. The van der Waals surface area contributed by atoms with E-state index in [1.165, 1.54) is 32.1 Å². The molecular weight excluding hydrogens is 246 g/mol. The van der Waals surface area contributed by atoms with Gasteiger partial charge in [-0.25, -0.2) is 0 Å². The summed E-state index contributed by atoms with van der Waals surface area (Å²) in [5, 5.41) is 14.0. The molecule has 0 atom stereocenters. The van der Waals surface area contributed by atoms with Gasteiger partial charge in [-0.3, -0.25) is 0 Å². The summed E-state index contributed by atoms with van der Waals surface area (Å²) in [5.41, 5.74) is 0.750. The summed E-state index contributed by atoms with van der Waals surface area (Å²) in [4.78, 5) is 0. The standard InChI is InChI=1S/C15H22ClNO/c16-13-8-4-5-9-14(13)17-15(12-18)10-6-2-1-3-7-11-15/h4-5,8-9,17-18H,1-3,6-7,10-12H2. The lowest BCUT2D eigenvalue weighted by molar-refractivity contribution is 0.182. The SMILES string of the molecule is OCC1(Nc2ccccc2Cl)CCCCCCC1. The van der Waals surface area contributed by atoms with Crippen molar-refractivity contribution in [1.82, 2.24) is 0 Å². The van der Waals surface area contributed by atoms with Crippen LogP contribution in [0.25, 0.3) is 0 Å². The molecule has 2 nitrogen and oxygen atoms in total. The molecule has 0 spiro atoms. The molecule has 0 unspecified atom stereocenters. The predicted octanol–water partition coefficient (Wildman–Crippen LogP) is 4.23. The van der Waals surface area contributed by atoms with Crippen molar-refractivity contribution in [1.29, 1.82) is 0 Å². The van der Waals surface area contributed by atoms with Crippen LogP contribution < -0.4 is 5.32 Å². The van der Waals surface area contributed by atoms with Crippen molar-refractivity contribution in [2.24, 2.45) is 0 Å². The highest BCUT2D eigenvalue weighted by Gasteiger charge is 2.29. The van der Waals surface area contributed by atoms with Crippen molar-refractivity contribution in [2.45, 2.75) is 50.5 Å². The molecule has 0 heterocycles. The average Bonchev–Trinajstić information content (AvgIpc) is 2.35. The number of hydrogen-bond donors (Lipinski definition) is 2. The summed E-state index contributed by atoms with van der Waals surface area (Å²) in [6.07, 6.45) is 8.27. The lowest BCUT2D eigenvalue weighted by Crippen LogP contribution is -2.42. The smallest absolute Gasteiger partial charge is 0.0661 e. The minimum Gasteiger partial charge on any atom is -0.394 e. The molecule has 100 valence electrons. The first-order valence-electron chi connectivity index (χ1n) is 6.89. The Kier molecular flexibility index (Phi) is 4.90. The van der Waals surface area contributed by atoms with Gasteiger partial charge < -0.3 is 10.4 Å². The zero-order chi connectivity index (χ0) is 12.8. The Hall–Kier alpha value is -0.730. The second kappa shape index (κ2) is 6.44. The average molecular weight is 268 g/mol. The molecule has 0 amide bonds. The zero-order valence-electron chi connectivity index (χ0n) is 10.8. The Morgan fingerprint density at radius 2 is 1.67 bits per heavy atom. The molecule has 1 aliphatic carbocycles. The van der Waals surface area contributed by atoms with Crippen LogP contribution in [0.5, 0.6) is 0 Å². The summed E-state index contributed by atoms with van der Waals surface area (Å²) >= 11 is 6.19. The molecule has 0 radical (unpaired) electrons. The molecule has 0 aliphatic heterocycles. The molecule has 18 heavy (non-hydrogen) atoms. The van der Waals surface area contributed by atoms with Crippen molar-refractivity contribution in [3.05, 3.63) is 29.3 Å². The Morgan fingerprint density at radius 3 is 2.28 bits per heavy atom. The molecule has 0 aromatic heterocycles. The molecule has 2 N–H and O–H groups in total. The van der Waals surface area contributed by atoms with E-state index in [0.29, 0.717) is 0 Å². The van der Waals surface area contributed by atoms with Crippen molar-refractivity contribution in [2.75, 3.05) is 11.9 Å². The summed E-state index contributed by atoms with van der Waals surface area (Å²) in [6.45, 7) is 0.179. The first kappa shape index (κ1) is 13.7. The third-order valence-electron chi connectivity index (χ3n) is 3.89. The molecule has 1 aromatic rings. The van der Waals surface area contributed by atoms with Gasteiger partial charge in [0.25, 0.3) is 0 Å². The molecule has 2 rings (SSSR count). The quantitative estimate of drug-likeness (QED) is 0.859. The van der Waals surface area contributed by atoms with Gasteiger partial charge in [0, 0.05) is 0 Å². The van der Waals surface area contributed by atoms with E-state index >= 15 is 0 Å². The molecule has 3 heteroatoms. The second-order valence-corrected chi connectivity index (χ2v) is 5.72. The van der Waals surface area contributed by atoms with E-state index in [1.54, 1.807) is 0 Å². The first-order valence-corrected chi connectivity index (χ1v) is 7.27. The maximum absolute atomic E-state index is 9.80. The Balaban J connectivity index is 2.13. The third-order valence-corrected chi connectivity index (χ3v) is 4.22. The zero-order valence-corrected chi connectivity index (χ0v) is 11.5. The Labute approximate surface area is 114 Å². The highest BCUT2D eigenvalue weighted by atomic mass is 35.5. The van der Waals surface area contributed by atoms with Crippen LogP contribution in [0.3, 0.4) is 0 Å². The van der Waals surface area contributed by atoms with Crippen molar-refractivity contribution in [3.8, 4) is 0 Å². The number of anilines is 1. The predicted molar refractivity (Wildman–Crippen MR) is 77.2 cm³/mol. The number of hydrogen-bond acceptors (Lipinski definition) is 2. The normalized spacial score (nSPS) is 19.9. The van der Waals surface area contributed by atoms with E-state index in [2.05, 4.69) is 5.32 Å². The molecular formula is C15H22ClNO. The van der Waals surface area contributed by atoms with Crippen LogP contribution in [-0.4, -0.2) is 17.3 Å². The summed E-state index contributed by atoms with van der Waals surface area (Å²) in [7, 11) is 0. The van der Waals surface area contributed by atoms with Crippen LogP contribution in [0.4, 0.5) is 5.69 Å². The minimum atomic E-state index is -0.189. The second-order valence-electron chi connectivity index (χ2n) is 5.31. The molecule has 1 aliphatic rings. The largest absolute Gasteiger partial charge is 0.394 e. The Morgan fingerprint density at radius 1 is 1.06 bits per heavy atom. The fraction of sp³-hybridized carbons (Fsp3) is 0.600. The van der Waals surface area contributed by atoms with Gasteiger partial charge in [0.15, 0.2) is 0 Å². The molecule has 0 saturated heterocycles. The van der Waals surface area contributed by atoms with Crippen LogP contribution in [0.2, 0.25) is 5.02 Å². The summed E-state index contributed by atoms with van der Waals surface area (Å²) < 4.78 is 0. The number of nitrogens with one attached hydrogen (secondary N) is 1. The van der Waals surface area contributed by atoms with E-state index in [-0.39, 0.29) is 12.1 Å². The van der Waals surface area contributed by atoms with Gasteiger partial charge in [0.05, 0.1) is 22.9 Å². The van der Waals surface area contributed by atoms with E-state index < -0.39 is 0 Å². The minimum absolute atomic E-state index is 0.179. The molecule has 1 aromatic carbocycles. The monoisotopic (exact) mass is 267 g/mol. The first-order chi connectivity index (χ1) is 8.76. The van der Waals surface area contributed by atoms with E-state index in [9.17, 15) is 5.11 Å². The van der Waals surface area contributed by atoms with Crippen LogP contribution in [-0.2, 0) is 0 Å². The van der Waals surface area contributed by atoms with E-state index in [4.69, 9.17) is 11.6 Å². The van der Waals surface area contributed by atoms with Crippen molar-refractivity contribution >= 4 is 17.3 Å². The van der Waals surface area contributed by atoms with Gasteiger partial charge in [0.2, 0.25) is 0 Å². The number of aliphatic hydroxyl groups is 1. The fourth-order valence-electron chi connectivity index (χ4n) is 2.75. The van der Waals surface area contributed by atoms with Gasteiger partial charge in [-0.1, -0.05) is 55.8 Å². The summed E-state index contributed by atoms with van der Waals surface area (Å²) in [6, 6.07) is 7.77. The van der Waals surface area contributed by atoms with Crippen LogP contribution in [0, 0.1) is 0 Å². The number of halogens is 1. The number of para-hydroxylation sites is 1. The van der Waals surface area contributed by atoms with Crippen LogP contribution >= 0.6 is 11.6 Å². The van der Waals surface area contributed by atoms with Crippen molar-refractivity contribution < 1.29 is 5.11 Å². The topological polar surface area (TPSA) is 32.3 Å². The molecule has 1 fully saturated rings. The van der Waals surface area contributed by atoms with Gasteiger partial charge in [-0.15, -0.1) is 0 Å². The molecule has 1 saturated carbocycles. The lowest BCUT2D eigenvalue weighted by atomic mass is 9.84. The lowest BCUT2D eigenvalue weighted by Gasteiger charge is -2.36. The molecule has 0 bridgehead atoms. The number of aliphatic hydroxyl groups excluding tert-OH is 1. The van der Waals surface area contributed by atoms with E-state index in [0.717, 1.165) is 23.6 Å². The van der Waals surface area contributed by atoms with Gasteiger partial charge in [-0.2, -0.15) is 0 Å². The van der Waals surface area contributed by atoms with E-state index in [1.807, 2.05) is 24.3 Å². The van der Waals surface area contributed by atoms with Crippen LogP contribution in [0.1, 0.15) is 44.9 Å². The van der Waals surface area contributed by atoms with Gasteiger partial charge >= 0.3 is 0 Å². The maximum Gasteiger partial charge on any atom is 0.0661 e. The fourth-order valence-corrected chi connectivity index (χ4v) is 2.94. The van der Waals surface area contributed by atoms with Gasteiger partial charge in [-0.05, 0) is 25.0 Å².